The zero-order chi connectivity index (χ0) is 14.8. The number of phenols is 1. The van der Waals surface area contributed by atoms with Crippen LogP contribution in [0.3, 0.4) is 0 Å². The Bertz CT molecular complexity index is 423. The van der Waals surface area contributed by atoms with Gasteiger partial charge in [0, 0.05) is 12.1 Å². The van der Waals surface area contributed by atoms with Crippen LogP contribution in [-0.4, -0.2) is 30.2 Å². The number of rotatable bonds is 4. The van der Waals surface area contributed by atoms with Gasteiger partial charge in [-0.1, -0.05) is 26.8 Å². The van der Waals surface area contributed by atoms with E-state index < -0.39 is 0 Å². The van der Waals surface area contributed by atoms with Crippen molar-refractivity contribution in [2.45, 2.75) is 46.7 Å². The highest BCUT2D eigenvalue weighted by Crippen LogP contribution is 2.33. The van der Waals surface area contributed by atoms with Crippen LogP contribution in [-0.2, 0) is 0 Å². The molecule has 0 aliphatic carbocycles. The highest BCUT2D eigenvalue weighted by atomic mass is 16.5. The average molecular weight is 265 g/mol. The SMILES string of the molecule is COc1cc(C(C)N(C)C(C)C(C)(C)C)ccc1O. The van der Waals surface area contributed by atoms with Crippen LogP contribution in [0.2, 0.25) is 0 Å². The Kier molecular flexibility index (Phi) is 4.86. The highest BCUT2D eigenvalue weighted by Gasteiger charge is 2.27. The lowest BCUT2D eigenvalue weighted by molar-refractivity contribution is 0.104. The first-order valence-electron chi connectivity index (χ1n) is 6.77. The Morgan fingerprint density at radius 2 is 1.79 bits per heavy atom. The van der Waals surface area contributed by atoms with Crippen LogP contribution < -0.4 is 4.74 Å². The van der Waals surface area contributed by atoms with E-state index in [0.29, 0.717) is 11.8 Å². The zero-order valence-electron chi connectivity index (χ0n) is 13.2. The van der Waals surface area contributed by atoms with Crippen LogP contribution >= 0.6 is 0 Å². The van der Waals surface area contributed by atoms with Crippen molar-refractivity contribution in [2.24, 2.45) is 5.41 Å². The van der Waals surface area contributed by atoms with Gasteiger partial charge in [-0.2, -0.15) is 0 Å². The molecule has 1 aromatic rings. The molecule has 0 bridgehead atoms. The van der Waals surface area contributed by atoms with Gasteiger partial charge in [0.15, 0.2) is 11.5 Å². The summed E-state index contributed by atoms with van der Waals surface area (Å²) in [5.74, 6) is 0.714. The van der Waals surface area contributed by atoms with Gasteiger partial charge in [0.2, 0.25) is 0 Å². The predicted molar refractivity (Wildman–Crippen MR) is 79.8 cm³/mol. The Morgan fingerprint density at radius 1 is 1.21 bits per heavy atom. The molecule has 0 aliphatic rings. The third kappa shape index (κ3) is 3.63. The summed E-state index contributed by atoms with van der Waals surface area (Å²) >= 11 is 0. The number of ether oxygens (including phenoxy) is 1. The number of aromatic hydroxyl groups is 1. The minimum absolute atomic E-state index is 0.185. The van der Waals surface area contributed by atoms with Crippen molar-refractivity contribution in [1.29, 1.82) is 0 Å². The Balaban J connectivity index is 2.97. The molecule has 0 radical (unpaired) electrons. The maximum absolute atomic E-state index is 9.66. The van der Waals surface area contributed by atoms with E-state index in [1.165, 1.54) is 0 Å². The number of benzene rings is 1. The second kappa shape index (κ2) is 5.83. The monoisotopic (exact) mass is 265 g/mol. The van der Waals surface area contributed by atoms with E-state index in [4.69, 9.17) is 4.74 Å². The third-order valence-corrected chi connectivity index (χ3v) is 4.16. The first-order chi connectivity index (χ1) is 8.68. The van der Waals surface area contributed by atoms with Crippen molar-refractivity contribution < 1.29 is 9.84 Å². The molecule has 3 nitrogen and oxygen atoms in total. The van der Waals surface area contributed by atoms with Gasteiger partial charge in [0.05, 0.1) is 7.11 Å². The Morgan fingerprint density at radius 3 is 2.26 bits per heavy atom. The van der Waals surface area contributed by atoms with Gasteiger partial charge in [-0.25, -0.2) is 0 Å². The minimum atomic E-state index is 0.185. The minimum Gasteiger partial charge on any atom is -0.504 e. The van der Waals surface area contributed by atoms with Crippen LogP contribution in [0.5, 0.6) is 11.5 Å². The molecule has 0 heterocycles. The molecule has 1 N–H and O–H groups in total. The van der Waals surface area contributed by atoms with E-state index in [-0.39, 0.29) is 17.2 Å². The summed E-state index contributed by atoms with van der Waals surface area (Å²) in [6, 6.07) is 6.27. The summed E-state index contributed by atoms with van der Waals surface area (Å²) in [6.07, 6.45) is 0. The quantitative estimate of drug-likeness (QED) is 0.898. The number of methoxy groups -OCH3 is 1. The number of hydrogen-bond acceptors (Lipinski definition) is 3. The summed E-state index contributed by atoms with van der Waals surface area (Å²) in [4.78, 5) is 2.35. The molecule has 19 heavy (non-hydrogen) atoms. The molecular formula is C16H27NO2. The van der Waals surface area contributed by atoms with E-state index in [1.807, 2.05) is 12.1 Å². The molecular weight excluding hydrogens is 238 g/mol. The van der Waals surface area contributed by atoms with Crippen LogP contribution in [0.15, 0.2) is 18.2 Å². The second-order valence-corrected chi connectivity index (χ2v) is 6.31. The van der Waals surface area contributed by atoms with E-state index in [1.54, 1.807) is 13.2 Å². The molecule has 0 spiro atoms. The molecule has 0 amide bonds. The first kappa shape index (κ1) is 15.8. The molecule has 108 valence electrons. The molecule has 2 unspecified atom stereocenters. The van der Waals surface area contributed by atoms with Crippen molar-refractivity contribution >= 4 is 0 Å². The summed E-state index contributed by atoms with van der Waals surface area (Å²) in [5.41, 5.74) is 1.37. The topological polar surface area (TPSA) is 32.7 Å². The molecule has 0 saturated heterocycles. The lowest BCUT2D eigenvalue weighted by Crippen LogP contribution is -2.40. The van der Waals surface area contributed by atoms with Crippen molar-refractivity contribution in [3.63, 3.8) is 0 Å². The lowest BCUT2D eigenvalue weighted by atomic mass is 9.86. The van der Waals surface area contributed by atoms with Gasteiger partial charge in [0.1, 0.15) is 0 Å². The largest absolute Gasteiger partial charge is 0.504 e. The van der Waals surface area contributed by atoms with Gasteiger partial charge >= 0.3 is 0 Å². The van der Waals surface area contributed by atoms with E-state index >= 15 is 0 Å². The van der Waals surface area contributed by atoms with Crippen LogP contribution in [0, 0.1) is 5.41 Å². The maximum atomic E-state index is 9.66. The van der Waals surface area contributed by atoms with E-state index in [2.05, 4.69) is 46.6 Å². The molecule has 1 rings (SSSR count). The van der Waals surface area contributed by atoms with Gasteiger partial charge in [0.25, 0.3) is 0 Å². The highest BCUT2D eigenvalue weighted by molar-refractivity contribution is 5.42. The Labute approximate surface area is 117 Å². The van der Waals surface area contributed by atoms with Crippen molar-refractivity contribution in [2.75, 3.05) is 14.2 Å². The molecule has 0 aromatic heterocycles. The summed E-state index contributed by atoms with van der Waals surface area (Å²) in [6.45, 7) is 11.2. The number of hydrogen-bond donors (Lipinski definition) is 1. The van der Waals surface area contributed by atoms with Gasteiger partial charge in [-0.05, 0) is 44.0 Å². The van der Waals surface area contributed by atoms with Crippen molar-refractivity contribution in [3.8, 4) is 11.5 Å². The normalized spacial score (nSPS) is 15.4. The maximum Gasteiger partial charge on any atom is 0.160 e. The van der Waals surface area contributed by atoms with Crippen LogP contribution in [0.1, 0.15) is 46.2 Å². The summed E-state index contributed by atoms with van der Waals surface area (Å²) in [5, 5.41) is 9.66. The zero-order valence-corrected chi connectivity index (χ0v) is 13.2. The van der Waals surface area contributed by atoms with Gasteiger partial charge in [-0.15, -0.1) is 0 Å². The fourth-order valence-electron chi connectivity index (χ4n) is 2.14. The number of nitrogens with zero attached hydrogens (tertiary/aromatic N) is 1. The standard InChI is InChI=1S/C16H27NO2/c1-11(17(6)12(2)16(3,4)5)13-8-9-14(18)15(10-13)19-7/h8-12,18H,1-7H3. The van der Waals surface area contributed by atoms with E-state index in [9.17, 15) is 5.11 Å². The molecule has 0 aliphatic heterocycles. The second-order valence-electron chi connectivity index (χ2n) is 6.31. The van der Waals surface area contributed by atoms with Crippen LogP contribution in [0.4, 0.5) is 0 Å². The molecule has 3 heteroatoms. The predicted octanol–water partition coefficient (Wildman–Crippen LogP) is 3.83. The van der Waals surface area contributed by atoms with Gasteiger partial charge in [-0.3, -0.25) is 4.90 Å². The lowest BCUT2D eigenvalue weighted by Gasteiger charge is -2.39. The third-order valence-electron chi connectivity index (χ3n) is 4.16. The van der Waals surface area contributed by atoms with Crippen molar-refractivity contribution in [1.82, 2.24) is 4.90 Å². The fraction of sp³-hybridized carbons (Fsp3) is 0.625. The number of phenolic OH excluding ortho intramolecular Hbond substituents is 1. The van der Waals surface area contributed by atoms with Crippen LogP contribution in [0.25, 0.3) is 0 Å². The Hall–Kier alpha value is -1.22. The average Bonchev–Trinajstić information content (AvgIpc) is 2.35. The van der Waals surface area contributed by atoms with E-state index in [0.717, 1.165) is 5.56 Å². The first-order valence-corrected chi connectivity index (χ1v) is 6.77. The summed E-state index contributed by atoms with van der Waals surface area (Å²) < 4.78 is 5.17. The molecule has 1 aromatic carbocycles. The molecule has 0 fully saturated rings. The fourth-order valence-corrected chi connectivity index (χ4v) is 2.14. The molecule has 0 saturated carbocycles. The van der Waals surface area contributed by atoms with Crippen molar-refractivity contribution in [3.05, 3.63) is 23.8 Å². The van der Waals surface area contributed by atoms with Gasteiger partial charge < -0.3 is 9.84 Å². The summed E-state index contributed by atoms with van der Waals surface area (Å²) in [7, 11) is 3.71. The molecule has 2 atom stereocenters. The smallest absolute Gasteiger partial charge is 0.160 e.